The van der Waals surface area contributed by atoms with Crippen molar-refractivity contribution in [1.82, 2.24) is 0 Å². The van der Waals surface area contributed by atoms with Gasteiger partial charge in [0.25, 0.3) is 0 Å². The Balaban J connectivity index is 5.18. The molecule has 3 N–H and O–H groups in total. The zero-order valence-electron chi connectivity index (χ0n) is 60.2. The molecule has 92 heavy (non-hydrogen) atoms. The van der Waals surface area contributed by atoms with Crippen LogP contribution in [0.2, 0.25) is 0 Å². The van der Waals surface area contributed by atoms with Gasteiger partial charge in [-0.25, -0.2) is 9.13 Å². The quantitative estimate of drug-likeness (QED) is 0.0222. The lowest BCUT2D eigenvalue weighted by Crippen LogP contribution is -2.30. The second kappa shape index (κ2) is 62.6. The van der Waals surface area contributed by atoms with Gasteiger partial charge in [0.05, 0.1) is 26.4 Å². The molecule has 0 amide bonds. The molecule has 0 aliphatic heterocycles. The predicted molar refractivity (Wildman–Crippen MR) is 372 cm³/mol. The van der Waals surface area contributed by atoms with Crippen molar-refractivity contribution in [1.29, 1.82) is 0 Å². The van der Waals surface area contributed by atoms with Crippen molar-refractivity contribution in [2.45, 2.75) is 382 Å². The molecule has 0 rings (SSSR count). The fraction of sp³-hybridized carbons (Fsp3) is 0.945. The lowest BCUT2D eigenvalue weighted by molar-refractivity contribution is -0.161. The van der Waals surface area contributed by atoms with Gasteiger partial charge in [-0.1, -0.05) is 312 Å². The molecule has 0 aromatic rings. The van der Waals surface area contributed by atoms with Gasteiger partial charge < -0.3 is 33.8 Å². The molecule has 19 heteroatoms. The summed E-state index contributed by atoms with van der Waals surface area (Å²) in [5.41, 5.74) is 0. The molecule has 5 atom stereocenters. The van der Waals surface area contributed by atoms with Crippen molar-refractivity contribution in [3.05, 3.63) is 0 Å². The summed E-state index contributed by atoms with van der Waals surface area (Å²) in [4.78, 5) is 72.6. The minimum Gasteiger partial charge on any atom is -0.462 e. The van der Waals surface area contributed by atoms with Gasteiger partial charge >= 0.3 is 39.5 Å². The molecular formula is C73H142O17P2. The number of aliphatic hydroxyl groups excluding tert-OH is 1. The number of carbonyl (C=O) groups is 4. The molecule has 0 aromatic carbocycles. The highest BCUT2D eigenvalue weighted by atomic mass is 31.2. The van der Waals surface area contributed by atoms with Crippen LogP contribution in [0.1, 0.15) is 364 Å². The highest BCUT2D eigenvalue weighted by molar-refractivity contribution is 7.47. The molecule has 0 fully saturated rings. The van der Waals surface area contributed by atoms with Crippen LogP contribution in [-0.2, 0) is 65.4 Å². The van der Waals surface area contributed by atoms with Crippen LogP contribution in [0.5, 0.6) is 0 Å². The number of esters is 4. The van der Waals surface area contributed by atoms with E-state index in [1.165, 1.54) is 161 Å². The van der Waals surface area contributed by atoms with E-state index in [2.05, 4.69) is 55.4 Å². The Morgan fingerprint density at radius 1 is 0.272 bits per heavy atom. The summed E-state index contributed by atoms with van der Waals surface area (Å²) in [7, 11) is -9.91. The monoisotopic (exact) mass is 1350 g/mol. The van der Waals surface area contributed by atoms with Crippen molar-refractivity contribution in [2.24, 2.45) is 23.7 Å². The fourth-order valence-corrected chi connectivity index (χ4v) is 12.6. The third kappa shape index (κ3) is 66.7. The second-order valence-electron chi connectivity index (χ2n) is 28.2. The molecule has 17 nitrogen and oxygen atoms in total. The molecule has 0 aliphatic rings. The van der Waals surface area contributed by atoms with Gasteiger partial charge in [0.2, 0.25) is 0 Å². The van der Waals surface area contributed by atoms with E-state index < -0.39 is 97.5 Å². The number of aliphatic hydroxyl groups is 1. The van der Waals surface area contributed by atoms with E-state index in [4.69, 9.17) is 37.0 Å². The molecule has 0 aromatic heterocycles. The van der Waals surface area contributed by atoms with E-state index in [1.54, 1.807) is 0 Å². The summed E-state index contributed by atoms with van der Waals surface area (Å²) in [6.45, 7) is 14.1. The SMILES string of the molecule is CC(C)CCCCCCCCCCCCCCCCCCC(=O)O[C@H](COC(=O)CCCCCCCCC(C)C)COP(=O)(O)OCC(O)COP(=O)(O)OC[C@@H](COC(=O)CCCCCCCCCCCCCC(C)C)OC(=O)CCCCCCCCCC(C)C. The van der Waals surface area contributed by atoms with Crippen LogP contribution in [0.25, 0.3) is 0 Å². The van der Waals surface area contributed by atoms with Gasteiger partial charge in [0.1, 0.15) is 19.3 Å². The first-order valence-electron chi connectivity index (χ1n) is 37.7. The summed E-state index contributed by atoms with van der Waals surface area (Å²) < 4.78 is 68.3. The van der Waals surface area contributed by atoms with Gasteiger partial charge in [-0.2, -0.15) is 0 Å². The van der Waals surface area contributed by atoms with E-state index in [9.17, 15) is 43.2 Å². The van der Waals surface area contributed by atoms with Crippen LogP contribution >= 0.6 is 15.6 Å². The summed E-state index contributed by atoms with van der Waals surface area (Å²) in [6.07, 6.45) is 46.1. The molecule has 0 heterocycles. The lowest BCUT2D eigenvalue weighted by atomic mass is 10.0. The van der Waals surface area contributed by atoms with E-state index in [0.717, 1.165) is 108 Å². The summed E-state index contributed by atoms with van der Waals surface area (Å²) in [5, 5.41) is 10.6. The first-order chi connectivity index (χ1) is 44.1. The molecule has 3 unspecified atom stereocenters. The van der Waals surface area contributed by atoms with Crippen LogP contribution in [0.15, 0.2) is 0 Å². The Morgan fingerprint density at radius 2 is 0.457 bits per heavy atom. The molecule has 0 bridgehead atoms. The van der Waals surface area contributed by atoms with E-state index in [0.29, 0.717) is 37.5 Å². The van der Waals surface area contributed by atoms with Crippen molar-refractivity contribution < 1.29 is 80.2 Å². The number of hydrogen-bond acceptors (Lipinski definition) is 15. The standard InChI is InChI=1S/C73H142O17P2/c1-63(2)49-41-33-25-20-16-13-11-9-10-12-14-18-23-29-39-47-55-72(77)89-69(60-84-71(76)54-46-38-32-31-36-44-52-66(7)8)62-88-92(81,82)86-58-67(74)57-85-91(79,80)87-61-68(90-73(78)56-48-40-30-24-27-35-43-51-65(5)6)59-83-70(75)53-45-37-28-22-19-15-17-21-26-34-42-50-64(3)4/h63-69,74H,9-62H2,1-8H3,(H,79,80)(H,81,82)/t67?,68-,69-/m1/s1. The molecule has 0 aliphatic carbocycles. The van der Waals surface area contributed by atoms with Crippen LogP contribution < -0.4 is 0 Å². The van der Waals surface area contributed by atoms with Crippen molar-refractivity contribution >= 4 is 39.5 Å². The number of phosphoric ester groups is 2. The smallest absolute Gasteiger partial charge is 0.462 e. The normalized spacial score (nSPS) is 14.2. The predicted octanol–water partition coefficient (Wildman–Crippen LogP) is 20.9. The number of ether oxygens (including phenoxy) is 4. The number of carbonyl (C=O) groups excluding carboxylic acids is 4. The van der Waals surface area contributed by atoms with Gasteiger partial charge in [-0.3, -0.25) is 37.3 Å². The van der Waals surface area contributed by atoms with Crippen LogP contribution in [0, 0.1) is 23.7 Å². The van der Waals surface area contributed by atoms with Crippen LogP contribution in [-0.4, -0.2) is 96.7 Å². The van der Waals surface area contributed by atoms with Crippen molar-refractivity contribution in [3.63, 3.8) is 0 Å². The zero-order chi connectivity index (χ0) is 68.2. The Bertz CT molecular complexity index is 1820. The van der Waals surface area contributed by atoms with Crippen molar-refractivity contribution in [3.8, 4) is 0 Å². The summed E-state index contributed by atoms with van der Waals surface area (Å²) in [5.74, 6) is 0.826. The average Bonchev–Trinajstić information content (AvgIpc) is 1.69. The van der Waals surface area contributed by atoms with Crippen LogP contribution in [0.3, 0.4) is 0 Å². The minimum absolute atomic E-state index is 0.103. The lowest BCUT2D eigenvalue weighted by Gasteiger charge is -2.21. The number of hydrogen-bond donors (Lipinski definition) is 3. The average molecular weight is 1350 g/mol. The fourth-order valence-electron chi connectivity index (χ4n) is 11.0. The first-order valence-corrected chi connectivity index (χ1v) is 40.7. The first kappa shape index (κ1) is 90.1. The maximum Gasteiger partial charge on any atom is 0.472 e. The Labute approximate surface area is 562 Å². The third-order valence-electron chi connectivity index (χ3n) is 16.8. The molecule has 0 saturated carbocycles. The second-order valence-corrected chi connectivity index (χ2v) is 31.1. The Kier molecular flexibility index (Phi) is 61.3. The number of rotatable bonds is 70. The van der Waals surface area contributed by atoms with Gasteiger partial charge in [-0.15, -0.1) is 0 Å². The van der Waals surface area contributed by atoms with E-state index >= 15 is 0 Å². The van der Waals surface area contributed by atoms with E-state index in [1.807, 2.05) is 0 Å². The van der Waals surface area contributed by atoms with E-state index in [-0.39, 0.29) is 25.7 Å². The summed E-state index contributed by atoms with van der Waals surface area (Å²) >= 11 is 0. The number of unbranched alkanes of at least 4 members (excludes halogenated alkanes) is 36. The molecule has 0 radical (unpaired) electrons. The molecule has 546 valence electrons. The zero-order valence-corrected chi connectivity index (χ0v) is 62.0. The van der Waals surface area contributed by atoms with Crippen LogP contribution in [0.4, 0.5) is 0 Å². The molecule has 0 saturated heterocycles. The minimum atomic E-state index is -4.95. The van der Waals surface area contributed by atoms with Gasteiger partial charge in [0, 0.05) is 25.7 Å². The highest BCUT2D eigenvalue weighted by Gasteiger charge is 2.30. The highest BCUT2D eigenvalue weighted by Crippen LogP contribution is 2.45. The summed E-state index contributed by atoms with van der Waals surface area (Å²) in [6, 6.07) is 0. The molecular weight excluding hydrogens is 1210 g/mol. The van der Waals surface area contributed by atoms with Crippen molar-refractivity contribution in [2.75, 3.05) is 39.6 Å². The maximum absolute atomic E-state index is 13.0. The van der Waals surface area contributed by atoms with Gasteiger partial charge in [0.15, 0.2) is 12.2 Å². The topological polar surface area (TPSA) is 237 Å². The Hall–Kier alpha value is -1.94. The largest absolute Gasteiger partial charge is 0.472 e. The van der Waals surface area contributed by atoms with Gasteiger partial charge in [-0.05, 0) is 49.4 Å². The number of phosphoric acid groups is 2. The molecule has 0 spiro atoms. The Morgan fingerprint density at radius 3 is 0.674 bits per heavy atom. The third-order valence-corrected chi connectivity index (χ3v) is 18.7. The maximum atomic E-state index is 13.0.